The van der Waals surface area contributed by atoms with Gasteiger partial charge in [-0.25, -0.2) is 8.42 Å². The van der Waals surface area contributed by atoms with E-state index in [4.69, 9.17) is 5.73 Å². The molecule has 2 unspecified atom stereocenters. The van der Waals surface area contributed by atoms with Crippen LogP contribution in [0.2, 0.25) is 0 Å². The van der Waals surface area contributed by atoms with Crippen LogP contribution in [0.5, 0.6) is 0 Å². The van der Waals surface area contributed by atoms with Gasteiger partial charge in [-0.1, -0.05) is 6.92 Å². The molecule has 1 aliphatic rings. The summed E-state index contributed by atoms with van der Waals surface area (Å²) in [6.07, 6.45) is 2.64. The molecule has 0 radical (unpaired) electrons. The Hall–Kier alpha value is -0.920. The van der Waals surface area contributed by atoms with E-state index in [1.165, 1.54) is 0 Å². The molecule has 1 fully saturated rings. The Morgan fingerprint density at radius 3 is 2.74 bits per heavy atom. The van der Waals surface area contributed by atoms with Crippen molar-refractivity contribution in [1.82, 2.24) is 14.5 Å². The average Bonchev–Trinajstić information content (AvgIpc) is 2.92. The fraction of sp³-hybridized carbons (Fsp3) is 0.750. The van der Waals surface area contributed by atoms with Crippen molar-refractivity contribution in [3.05, 3.63) is 11.3 Å². The van der Waals surface area contributed by atoms with E-state index < -0.39 is 10.0 Å². The van der Waals surface area contributed by atoms with Gasteiger partial charge < -0.3 is 5.73 Å². The Morgan fingerprint density at radius 1 is 1.47 bits per heavy atom. The van der Waals surface area contributed by atoms with E-state index >= 15 is 0 Å². The molecule has 3 N–H and O–H groups in total. The van der Waals surface area contributed by atoms with E-state index in [9.17, 15) is 8.42 Å². The summed E-state index contributed by atoms with van der Waals surface area (Å²) in [5.41, 5.74) is 6.96. The molecule has 0 amide bonds. The number of nitrogens with one attached hydrogen (secondary N) is 1. The molecule has 108 valence electrons. The minimum atomic E-state index is -3.56. The SMILES string of the molecule is CCC1CCC(C)N1S(=O)(=O)c1n[nH]c(C)c1CN. The molecular weight excluding hydrogens is 264 g/mol. The standard InChI is InChI=1S/C12H22N4O2S/c1-4-10-6-5-8(2)16(10)19(17,18)12-11(7-13)9(3)14-15-12/h8,10H,4-7,13H2,1-3H3,(H,14,15). The van der Waals surface area contributed by atoms with Crippen molar-refractivity contribution in [1.29, 1.82) is 0 Å². The molecule has 19 heavy (non-hydrogen) atoms. The first-order valence-electron chi connectivity index (χ1n) is 6.70. The summed E-state index contributed by atoms with van der Waals surface area (Å²) in [4.78, 5) is 0. The van der Waals surface area contributed by atoms with Gasteiger partial charge in [-0.05, 0) is 33.1 Å². The fourth-order valence-corrected chi connectivity index (χ4v) is 4.98. The lowest BCUT2D eigenvalue weighted by atomic mass is 10.2. The largest absolute Gasteiger partial charge is 0.326 e. The summed E-state index contributed by atoms with van der Waals surface area (Å²) < 4.78 is 27.2. The summed E-state index contributed by atoms with van der Waals surface area (Å²) >= 11 is 0. The summed E-state index contributed by atoms with van der Waals surface area (Å²) in [6.45, 7) is 5.94. The van der Waals surface area contributed by atoms with Crippen LogP contribution < -0.4 is 5.73 Å². The van der Waals surface area contributed by atoms with E-state index in [1.54, 1.807) is 11.2 Å². The van der Waals surface area contributed by atoms with Gasteiger partial charge in [0.05, 0.1) is 0 Å². The van der Waals surface area contributed by atoms with Crippen LogP contribution in [0, 0.1) is 6.92 Å². The molecule has 0 aliphatic carbocycles. The first-order chi connectivity index (χ1) is 8.93. The molecule has 0 bridgehead atoms. The van der Waals surface area contributed by atoms with E-state index in [-0.39, 0.29) is 23.7 Å². The first-order valence-corrected chi connectivity index (χ1v) is 8.14. The molecule has 7 heteroatoms. The van der Waals surface area contributed by atoms with Gasteiger partial charge in [0, 0.05) is 29.9 Å². The van der Waals surface area contributed by atoms with Gasteiger partial charge in [0.25, 0.3) is 10.0 Å². The van der Waals surface area contributed by atoms with Crippen molar-refractivity contribution in [2.45, 2.75) is 63.7 Å². The highest BCUT2D eigenvalue weighted by Gasteiger charge is 2.41. The third kappa shape index (κ3) is 2.30. The molecular formula is C12H22N4O2S. The zero-order valence-corrected chi connectivity index (χ0v) is 12.5. The van der Waals surface area contributed by atoms with Crippen LogP contribution >= 0.6 is 0 Å². The molecule has 1 aliphatic heterocycles. The van der Waals surface area contributed by atoms with Crippen LogP contribution in [-0.2, 0) is 16.6 Å². The first kappa shape index (κ1) is 14.5. The number of hydrogen-bond acceptors (Lipinski definition) is 4. The van der Waals surface area contributed by atoms with E-state index in [0.29, 0.717) is 5.56 Å². The third-order valence-electron chi connectivity index (χ3n) is 3.95. The van der Waals surface area contributed by atoms with Crippen molar-refractivity contribution in [3.8, 4) is 0 Å². The number of hydrogen-bond donors (Lipinski definition) is 2. The smallest absolute Gasteiger partial charge is 0.263 e. The predicted octanol–water partition coefficient (Wildman–Crippen LogP) is 1.13. The zero-order chi connectivity index (χ0) is 14.2. The minimum absolute atomic E-state index is 0.0255. The Kier molecular flexibility index (Phi) is 3.98. The van der Waals surface area contributed by atoms with Gasteiger partial charge in [0.1, 0.15) is 0 Å². The summed E-state index contributed by atoms with van der Waals surface area (Å²) in [5.74, 6) is 0. The van der Waals surface area contributed by atoms with Crippen molar-refractivity contribution < 1.29 is 8.42 Å². The maximum absolute atomic E-state index is 12.8. The quantitative estimate of drug-likeness (QED) is 0.867. The van der Waals surface area contributed by atoms with Crippen LogP contribution in [0.15, 0.2) is 5.03 Å². The number of aryl methyl sites for hydroxylation is 1. The lowest BCUT2D eigenvalue weighted by Gasteiger charge is -2.26. The molecule has 2 rings (SSSR count). The monoisotopic (exact) mass is 286 g/mol. The summed E-state index contributed by atoms with van der Waals surface area (Å²) in [6, 6.07) is 0.0974. The lowest BCUT2D eigenvalue weighted by Crippen LogP contribution is -2.40. The fourth-order valence-electron chi connectivity index (χ4n) is 2.85. The molecule has 1 aromatic heterocycles. The maximum atomic E-state index is 12.8. The van der Waals surface area contributed by atoms with Crippen molar-refractivity contribution >= 4 is 10.0 Å². The molecule has 0 saturated carbocycles. The van der Waals surface area contributed by atoms with Crippen LogP contribution in [0.1, 0.15) is 44.4 Å². The van der Waals surface area contributed by atoms with Crippen molar-refractivity contribution in [2.24, 2.45) is 5.73 Å². The highest BCUT2D eigenvalue weighted by Crippen LogP contribution is 2.33. The van der Waals surface area contributed by atoms with Gasteiger partial charge >= 0.3 is 0 Å². The number of aromatic amines is 1. The van der Waals surface area contributed by atoms with Gasteiger partial charge in [-0.15, -0.1) is 0 Å². The number of nitrogens with two attached hydrogens (primary N) is 1. The topological polar surface area (TPSA) is 92.1 Å². The summed E-state index contributed by atoms with van der Waals surface area (Å²) in [5, 5.41) is 6.80. The van der Waals surface area contributed by atoms with Gasteiger partial charge in [-0.2, -0.15) is 9.40 Å². The maximum Gasteiger partial charge on any atom is 0.263 e. The number of nitrogens with zero attached hydrogens (tertiary/aromatic N) is 2. The van der Waals surface area contributed by atoms with Gasteiger partial charge in [0.2, 0.25) is 0 Å². The average molecular weight is 286 g/mol. The second kappa shape index (κ2) is 5.22. The van der Waals surface area contributed by atoms with Crippen LogP contribution in [0.4, 0.5) is 0 Å². The Balaban J connectivity index is 2.47. The Morgan fingerprint density at radius 2 is 2.16 bits per heavy atom. The molecule has 2 atom stereocenters. The van der Waals surface area contributed by atoms with Gasteiger partial charge in [0.15, 0.2) is 5.03 Å². The lowest BCUT2D eigenvalue weighted by molar-refractivity contribution is 0.327. The van der Waals surface area contributed by atoms with E-state index in [2.05, 4.69) is 10.2 Å². The highest BCUT2D eigenvalue weighted by atomic mass is 32.2. The van der Waals surface area contributed by atoms with Crippen LogP contribution in [-0.4, -0.2) is 35.0 Å². The van der Waals surface area contributed by atoms with Crippen LogP contribution in [0.3, 0.4) is 0 Å². The highest BCUT2D eigenvalue weighted by molar-refractivity contribution is 7.89. The zero-order valence-electron chi connectivity index (χ0n) is 11.7. The van der Waals surface area contributed by atoms with Crippen molar-refractivity contribution in [3.63, 3.8) is 0 Å². The molecule has 0 aromatic carbocycles. The third-order valence-corrected chi connectivity index (χ3v) is 5.98. The molecule has 6 nitrogen and oxygen atoms in total. The van der Waals surface area contributed by atoms with Gasteiger partial charge in [-0.3, -0.25) is 5.10 Å². The predicted molar refractivity (Wildman–Crippen MR) is 73.0 cm³/mol. The number of aromatic nitrogens is 2. The number of H-pyrrole nitrogens is 1. The Bertz CT molecular complexity index is 552. The van der Waals surface area contributed by atoms with Crippen LogP contribution in [0.25, 0.3) is 0 Å². The normalized spacial score (nSPS) is 25.1. The molecule has 1 saturated heterocycles. The Labute approximate surface area is 114 Å². The molecule has 2 heterocycles. The molecule has 0 spiro atoms. The second-order valence-corrected chi connectivity index (χ2v) is 6.92. The number of sulfonamides is 1. The van der Waals surface area contributed by atoms with E-state index in [0.717, 1.165) is 25.0 Å². The van der Waals surface area contributed by atoms with Crippen molar-refractivity contribution in [2.75, 3.05) is 0 Å². The second-order valence-electron chi connectivity index (χ2n) is 5.16. The van der Waals surface area contributed by atoms with E-state index in [1.807, 2.05) is 13.8 Å². The minimum Gasteiger partial charge on any atom is -0.326 e. The molecule has 1 aromatic rings. The number of rotatable bonds is 4. The summed E-state index contributed by atoms with van der Waals surface area (Å²) in [7, 11) is -3.56.